The van der Waals surface area contributed by atoms with Crippen molar-refractivity contribution in [2.75, 3.05) is 0 Å². The summed E-state index contributed by atoms with van der Waals surface area (Å²) in [6.45, 7) is 0. The van der Waals surface area contributed by atoms with E-state index in [0.29, 0.717) is 15.5 Å². The van der Waals surface area contributed by atoms with Gasteiger partial charge in [0, 0.05) is 15.5 Å². The average molecular weight is 264 g/mol. The van der Waals surface area contributed by atoms with Gasteiger partial charge in [-0.05, 0) is 30.3 Å². The normalized spacial score (nSPS) is 9.88. The Kier molecular flexibility index (Phi) is 3.14. The Bertz CT molecular complexity index is 628. The minimum atomic E-state index is -1.00. The van der Waals surface area contributed by atoms with Crippen LogP contribution in [0.15, 0.2) is 30.3 Å². The highest BCUT2D eigenvalue weighted by Gasteiger charge is 2.10. The molecule has 0 saturated carbocycles. The molecule has 1 aromatic heterocycles. The van der Waals surface area contributed by atoms with Gasteiger partial charge in [-0.15, -0.1) is 11.3 Å². The van der Waals surface area contributed by atoms with Crippen LogP contribution in [0.4, 0.5) is 0 Å². The number of hydrogen-bond acceptors (Lipinski definition) is 3. The number of halogens is 1. The van der Waals surface area contributed by atoms with Crippen molar-refractivity contribution < 1.29 is 9.90 Å². The van der Waals surface area contributed by atoms with E-state index in [4.69, 9.17) is 22.0 Å². The van der Waals surface area contributed by atoms with Crippen LogP contribution >= 0.6 is 22.9 Å². The number of rotatable bonds is 2. The standard InChI is InChI=1S/C12H6ClNO2S/c13-10-3-1-7(12(15)16)5-9(10)11-4-2-8(6-14)17-11/h1-5H,(H,15,16). The van der Waals surface area contributed by atoms with E-state index < -0.39 is 5.97 Å². The lowest BCUT2D eigenvalue weighted by atomic mass is 10.1. The van der Waals surface area contributed by atoms with Gasteiger partial charge in [-0.2, -0.15) is 5.26 Å². The van der Waals surface area contributed by atoms with Crippen molar-refractivity contribution in [3.63, 3.8) is 0 Å². The fraction of sp³-hybridized carbons (Fsp3) is 0. The van der Waals surface area contributed by atoms with E-state index in [2.05, 4.69) is 0 Å². The van der Waals surface area contributed by atoms with Gasteiger partial charge in [0.1, 0.15) is 10.9 Å². The van der Waals surface area contributed by atoms with E-state index >= 15 is 0 Å². The maximum absolute atomic E-state index is 10.9. The van der Waals surface area contributed by atoms with Gasteiger partial charge in [0.2, 0.25) is 0 Å². The molecule has 0 aliphatic carbocycles. The smallest absolute Gasteiger partial charge is 0.335 e. The third-order valence-electron chi connectivity index (χ3n) is 2.19. The third kappa shape index (κ3) is 2.31. The number of thiophene rings is 1. The summed E-state index contributed by atoms with van der Waals surface area (Å²) in [4.78, 5) is 12.2. The third-order valence-corrected chi connectivity index (χ3v) is 3.55. The number of nitriles is 1. The largest absolute Gasteiger partial charge is 0.478 e. The molecule has 0 fully saturated rings. The van der Waals surface area contributed by atoms with Gasteiger partial charge in [-0.25, -0.2) is 4.79 Å². The molecular weight excluding hydrogens is 258 g/mol. The van der Waals surface area contributed by atoms with Crippen LogP contribution in [-0.2, 0) is 0 Å². The zero-order valence-corrected chi connectivity index (χ0v) is 10.0. The first-order valence-corrected chi connectivity index (χ1v) is 5.84. The molecule has 1 aromatic carbocycles. The molecule has 5 heteroatoms. The first kappa shape index (κ1) is 11.6. The molecule has 17 heavy (non-hydrogen) atoms. The van der Waals surface area contributed by atoms with E-state index in [-0.39, 0.29) is 5.56 Å². The quantitative estimate of drug-likeness (QED) is 0.900. The molecule has 0 saturated heterocycles. The van der Waals surface area contributed by atoms with Crippen molar-refractivity contribution in [1.29, 1.82) is 5.26 Å². The van der Waals surface area contributed by atoms with E-state index in [1.54, 1.807) is 18.2 Å². The second kappa shape index (κ2) is 4.58. The highest BCUT2D eigenvalue weighted by Crippen LogP contribution is 2.33. The van der Waals surface area contributed by atoms with Gasteiger partial charge in [-0.1, -0.05) is 11.6 Å². The van der Waals surface area contributed by atoms with Crippen molar-refractivity contribution in [3.8, 4) is 16.5 Å². The minimum absolute atomic E-state index is 0.177. The number of benzene rings is 1. The van der Waals surface area contributed by atoms with Crippen molar-refractivity contribution in [1.82, 2.24) is 0 Å². The van der Waals surface area contributed by atoms with Crippen LogP contribution in [0.25, 0.3) is 10.4 Å². The minimum Gasteiger partial charge on any atom is -0.478 e. The van der Waals surface area contributed by atoms with E-state index in [0.717, 1.165) is 4.88 Å². The van der Waals surface area contributed by atoms with Gasteiger partial charge < -0.3 is 5.11 Å². The van der Waals surface area contributed by atoms with E-state index in [1.807, 2.05) is 6.07 Å². The summed E-state index contributed by atoms with van der Waals surface area (Å²) in [6.07, 6.45) is 0. The molecule has 0 radical (unpaired) electrons. The summed E-state index contributed by atoms with van der Waals surface area (Å²) < 4.78 is 0. The maximum atomic E-state index is 10.9. The first-order valence-electron chi connectivity index (χ1n) is 4.65. The fourth-order valence-electron chi connectivity index (χ4n) is 1.39. The zero-order chi connectivity index (χ0) is 12.4. The topological polar surface area (TPSA) is 61.1 Å². The lowest BCUT2D eigenvalue weighted by molar-refractivity contribution is 0.0697. The molecule has 3 nitrogen and oxygen atoms in total. The average Bonchev–Trinajstić information content (AvgIpc) is 2.77. The number of carboxylic acids is 1. The highest BCUT2D eigenvalue weighted by molar-refractivity contribution is 7.16. The summed E-state index contributed by atoms with van der Waals surface area (Å²) in [5, 5.41) is 18.1. The van der Waals surface area contributed by atoms with Gasteiger partial charge in [0.05, 0.1) is 5.56 Å². The number of hydrogen-bond donors (Lipinski definition) is 1. The number of aromatic carboxylic acids is 1. The van der Waals surface area contributed by atoms with Crippen LogP contribution in [0.5, 0.6) is 0 Å². The van der Waals surface area contributed by atoms with Crippen molar-refractivity contribution >= 4 is 28.9 Å². The molecule has 0 atom stereocenters. The van der Waals surface area contributed by atoms with Crippen LogP contribution < -0.4 is 0 Å². The van der Waals surface area contributed by atoms with Crippen LogP contribution in [0, 0.1) is 11.3 Å². The molecule has 0 aliphatic rings. The monoisotopic (exact) mass is 263 g/mol. The fourth-order valence-corrected chi connectivity index (χ4v) is 2.50. The zero-order valence-electron chi connectivity index (χ0n) is 8.48. The molecule has 2 rings (SSSR count). The van der Waals surface area contributed by atoms with Gasteiger partial charge in [0.25, 0.3) is 0 Å². The maximum Gasteiger partial charge on any atom is 0.335 e. The summed E-state index contributed by atoms with van der Waals surface area (Å²) >= 11 is 7.30. The Hall–Kier alpha value is -1.83. The van der Waals surface area contributed by atoms with Crippen LogP contribution in [0.1, 0.15) is 15.2 Å². The van der Waals surface area contributed by atoms with Crippen LogP contribution in [-0.4, -0.2) is 11.1 Å². The summed E-state index contributed by atoms with van der Waals surface area (Å²) in [5.74, 6) is -1.00. The van der Waals surface area contributed by atoms with Crippen LogP contribution in [0.3, 0.4) is 0 Å². The SMILES string of the molecule is N#Cc1ccc(-c2cc(C(=O)O)ccc2Cl)s1. The molecule has 0 amide bonds. The Morgan fingerprint density at radius 1 is 1.35 bits per heavy atom. The molecule has 0 bridgehead atoms. The predicted molar refractivity (Wildman–Crippen MR) is 66.4 cm³/mol. The molecule has 1 N–H and O–H groups in total. The van der Waals surface area contributed by atoms with Crippen molar-refractivity contribution in [2.24, 2.45) is 0 Å². The first-order chi connectivity index (χ1) is 8.11. The molecule has 0 unspecified atom stereocenters. The number of carboxylic acid groups (broad SMARTS) is 1. The van der Waals surface area contributed by atoms with Crippen molar-refractivity contribution in [3.05, 3.63) is 45.8 Å². The molecule has 2 aromatic rings. The highest BCUT2D eigenvalue weighted by atomic mass is 35.5. The molecular formula is C12H6ClNO2S. The molecule has 1 heterocycles. The lowest BCUT2D eigenvalue weighted by Crippen LogP contribution is -1.95. The lowest BCUT2D eigenvalue weighted by Gasteiger charge is -2.02. The second-order valence-corrected chi connectivity index (χ2v) is 4.77. The summed E-state index contributed by atoms with van der Waals surface area (Å²) in [5.41, 5.74) is 0.814. The molecule has 0 aliphatic heterocycles. The van der Waals surface area contributed by atoms with E-state index in [1.165, 1.54) is 23.5 Å². The Labute approximate surface area is 107 Å². The molecule has 84 valence electrons. The van der Waals surface area contributed by atoms with E-state index in [9.17, 15) is 4.79 Å². The van der Waals surface area contributed by atoms with Crippen molar-refractivity contribution in [2.45, 2.75) is 0 Å². The summed E-state index contributed by atoms with van der Waals surface area (Å²) in [7, 11) is 0. The van der Waals surface area contributed by atoms with Gasteiger partial charge >= 0.3 is 5.97 Å². The second-order valence-electron chi connectivity index (χ2n) is 3.28. The number of carbonyl (C=O) groups is 1. The Morgan fingerprint density at radius 3 is 2.71 bits per heavy atom. The van der Waals surface area contributed by atoms with Gasteiger partial charge in [-0.3, -0.25) is 0 Å². The Balaban J connectivity index is 2.54. The number of nitrogens with zero attached hydrogens (tertiary/aromatic N) is 1. The summed E-state index contributed by atoms with van der Waals surface area (Å²) in [6, 6.07) is 9.99. The Morgan fingerprint density at radius 2 is 2.12 bits per heavy atom. The van der Waals surface area contributed by atoms with Crippen LogP contribution in [0.2, 0.25) is 5.02 Å². The predicted octanol–water partition coefficient (Wildman–Crippen LogP) is 3.64. The van der Waals surface area contributed by atoms with Gasteiger partial charge in [0.15, 0.2) is 0 Å². The molecule has 0 spiro atoms.